The minimum atomic E-state index is -1.07. The lowest BCUT2D eigenvalue weighted by atomic mass is 10.0. The molecular formula is C13H12FN3O4. The van der Waals surface area contributed by atoms with E-state index >= 15 is 0 Å². The van der Waals surface area contributed by atoms with Crippen LogP contribution in [0.25, 0.3) is 0 Å². The largest absolute Gasteiger partial charge is 0.481 e. The first-order valence-electron chi connectivity index (χ1n) is 6.09. The SMILES string of the molecule is N#Cc1c(F)cccc1NC(=O)NC1COCC1C(=O)O. The van der Waals surface area contributed by atoms with Crippen LogP contribution in [0.15, 0.2) is 18.2 Å². The van der Waals surface area contributed by atoms with E-state index < -0.39 is 29.8 Å². The summed E-state index contributed by atoms with van der Waals surface area (Å²) >= 11 is 0. The van der Waals surface area contributed by atoms with Crippen LogP contribution in [0.1, 0.15) is 5.56 Å². The summed E-state index contributed by atoms with van der Waals surface area (Å²) in [6, 6.07) is 4.08. The fraction of sp³-hybridized carbons (Fsp3) is 0.308. The molecule has 2 atom stereocenters. The van der Waals surface area contributed by atoms with Crippen molar-refractivity contribution in [2.24, 2.45) is 5.92 Å². The Bertz CT molecular complexity index is 614. The third-order valence-corrected chi connectivity index (χ3v) is 3.09. The third-order valence-electron chi connectivity index (χ3n) is 3.09. The van der Waals surface area contributed by atoms with Crippen LogP contribution >= 0.6 is 0 Å². The number of rotatable bonds is 3. The van der Waals surface area contributed by atoms with Crippen molar-refractivity contribution in [3.05, 3.63) is 29.6 Å². The van der Waals surface area contributed by atoms with Crippen molar-refractivity contribution in [1.82, 2.24) is 5.32 Å². The number of anilines is 1. The molecule has 2 unspecified atom stereocenters. The van der Waals surface area contributed by atoms with Gasteiger partial charge in [0, 0.05) is 0 Å². The molecule has 8 heteroatoms. The number of urea groups is 1. The predicted octanol–water partition coefficient (Wildman–Crippen LogP) is 0.918. The first-order valence-corrected chi connectivity index (χ1v) is 6.09. The van der Waals surface area contributed by atoms with E-state index in [4.69, 9.17) is 15.1 Å². The summed E-state index contributed by atoms with van der Waals surface area (Å²) in [5.74, 6) is -2.65. The van der Waals surface area contributed by atoms with Gasteiger partial charge in [0.25, 0.3) is 0 Å². The topological polar surface area (TPSA) is 111 Å². The second kappa shape index (κ2) is 6.19. The minimum Gasteiger partial charge on any atom is -0.481 e. The third kappa shape index (κ3) is 3.27. The molecule has 3 N–H and O–H groups in total. The number of aliphatic carboxylic acids is 1. The van der Waals surface area contributed by atoms with Crippen LogP contribution in [0.5, 0.6) is 0 Å². The Balaban J connectivity index is 2.04. The van der Waals surface area contributed by atoms with Gasteiger partial charge in [-0.1, -0.05) is 6.07 Å². The van der Waals surface area contributed by atoms with Crippen molar-refractivity contribution in [3.63, 3.8) is 0 Å². The molecule has 1 fully saturated rings. The van der Waals surface area contributed by atoms with Gasteiger partial charge in [-0.25, -0.2) is 9.18 Å². The summed E-state index contributed by atoms with van der Waals surface area (Å²) in [5, 5.41) is 22.6. The van der Waals surface area contributed by atoms with Gasteiger partial charge in [0.2, 0.25) is 0 Å². The highest BCUT2D eigenvalue weighted by Crippen LogP contribution is 2.18. The van der Waals surface area contributed by atoms with E-state index in [2.05, 4.69) is 10.6 Å². The molecule has 110 valence electrons. The highest BCUT2D eigenvalue weighted by atomic mass is 19.1. The molecule has 0 radical (unpaired) electrons. The Labute approximate surface area is 119 Å². The van der Waals surface area contributed by atoms with Gasteiger partial charge in [0.15, 0.2) is 0 Å². The molecule has 1 aromatic rings. The lowest BCUT2D eigenvalue weighted by Crippen LogP contribution is -2.44. The van der Waals surface area contributed by atoms with Gasteiger partial charge in [-0.2, -0.15) is 5.26 Å². The average Bonchev–Trinajstić information content (AvgIpc) is 2.87. The molecule has 7 nitrogen and oxygen atoms in total. The Morgan fingerprint density at radius 3 is 2.86 bits per heavy atom. The summed E-state index contributed by atoms with van der Waals surface area (Å²) in [6.45, 7) is 0.0995. The molecule has 2 rings (SSSR count). The number of ether oxygens (including phenoxy) is 1. The van der Waals surface area contributed by atoms with Gasteiger partial charge in [-0.3, -0.25) is 4.79 Å². The molecule has 2 amide bonds. The Morgan fingerprint density at radius 2 is 2.19 bits per heavy atom. The van der Waals surface area contributed by atoms with Crippen LogP contribution in [0.3, 0.4) is 0 Å². The lowest BCUT2D eigenvalue weighted by Gasteiger charge is -2.16. The Kier molecular flexibility index (Phi) is 4.35. The molecule has 1 saturated heterocycles. The normalized spacial score (nSPS) is 20.6. The van der Waals surface area contributed by atoms with E-state index in [0.29, 0.717) is 0 Å². The van der Waals surface area contributed by atoms with E-state index in [0.717, 1.165) is 6.07 Å². The van der Waals surface area contributed by atoms with Gasteiger partial charge >= 0.3 is 12.0 Å². The van der Waals surface area contributed by atoms with E-state index in [-0.39, 0.29) is 24.5 Å². The van der Waals surface area contributed by atoms with Crippen molar-refractivity contribution in [3.8, 4) is 6.07 Å². The molecule has 0 bridgehead atoms. The van der Waals surface area contributed by atoms with Gasteiger partial charge < -0.3 is 20.5 Å². The van der Waals surface area contributed by atoms with E-state index in [1.807, 2.05) is 0 Å². The van der Waals surface area contributed by atoms with Crippen LogP contribution in [0.4, 0.5) is 14.9 Å². The molecule has 21 heavy (non-hydrogen) atoms. The maximum atomic E-state index is 13.4. The van der Waals surface area contributed by atoms with E-state index in [9.17, 15) is 14.0 Å². The van der Waals surface area contributed by atoms with Crippen molar-refractivity contribution >= 4 is 17.7 Å². The van der Waals surface area contributed by atoms with Crippen molar-refractivity contribution in [1.29, 1.82) is 5.26 Å². The molecule has 0 spiro atoms. The van der Waals surface area contributed by atoms with Crippen molar-refractivity contribution < 1.29 is 23.8 Å². The first kappa shape index (κ1) is 14.7. The number of amides is 2. The molecule has 1 aliphatic heterocycles. The Morgan fingerprint density at radius 1 is 1.43 bits per heavy atom. The number of halogens is 1. The second-order valence-corrected chi connectivity index (χ2v) is 4.46. The summed E-state index contributed by atoms with van der Waals surface area (Å²) in [7, 11) is 0. The molecule has 0 aliphatic carbocycles. The molecule has 0 aromatic heterocycles. The fourth-order valence-electron chi connectivity index (χ4n) is 2.01. The number of carboxylic acid groups (broad SMARTS) is 1. The summed E-state index contributed by atoms with van der Waals surface area (Å²) in [4.78, 5) is 22.8. The van der Waals surface area contributed by atoms with Crippen LogP contribution in [0, 0.1) is 23.1 Å². The van der Waals surface area contributed by atoms with Crippen LogP contribution in [-0.2, 0) is 9.53 Å². The number of carboxylic acids is 1. The van der Waals surface area contributed by atoms with Crippen LogP contribution in [0.2, 0.25) is 0 Å². The van der Waals surface area contributed by atoms with E-state index in [1.165, 1.54) is 12.1 Å². The molecule has 1 aromatic carbocycles. The maximum Gasteiger partial charge on any atom is 0.319 e. The zero-order chi connectivity index (χ0) is 15.4. The molecular weight excluding hydrogens is 281 g/mol. The quantitative estimate of drug-likeness (QED) is 0.767. The average molecular weight is 293 g/mol. The van der Waals surface area contributed by atoms with Gasteiger partial charge in [0.1, 0.15) is 23.4 Å². The predicted molar refractivity (Wildman–Crippen MR) is 69.0 cm³/mol. The van der Waals surface area contributed by atoms with E-state index in [1.54, 1.807) is 6.07 Å². The van der Waals surface area contributed by atoms with Crippen molar-refractivity contribution in [2.75, 3.05) is 18.5 Å². The van der Waals surface area contributed by atoms with Crippen LogP contribution in [-0.4, -0.2) is 36.4 Å². The summed E-state index contributed by atoms with van der Waals surface area (Å²) in [6.07, 6.45) is 0. The lowest BCUT2D eigenvalue weighted by molar-refractivity contribution is -0.142. The van der Waals surface area contributed by atoms with Gasteiger partial charge in [0.05, 0.1) is 24.9 Å². The highest BCUT2D eigenvalue weighted by molar-refractivity contribution is 5.91. The number of nitrogens with zero attached hydrogens (tertiary/aromatic N) is 1. The van der Waals surface area contributed by atoms with Gasteiger partial charge in [-0.05, 0) is 12.1 Å². The number of carbonyl (C=O) groups excluding carboxylic acids is 1. The van der Waals surface area contributed by atoms with Crippen LogP contribution < -0.4 is 10.6 Å². The zero-order valence-electron chi connectivity index (χ0n) is 10.8. The highest BCUT2D eigenvalue weighted by Gasteiger charge is 2.35. The monoisotopic (exact) mass is 293 g/mol. The first-order chi connectivity index (χ1) is 10.0. The summed E-state index contributed by atoms with van der Waals surface area (Å²) < 4.78 is 18.4. The zero-order valence-corrected chi connectivity index (χ0v) is 10.8. The smallest absolute Gasteiger partial charge is 0.319 e. The fourth-order valence-corrected chi connectivity index (χ4v) is 2.01. The maximum absolute atomic E-state index is 13.4. The standard InChI is InChI=1S/C13H12FN3O4/c14-9-2-1-3-10(7(9)4-15)16-13(20)17-11-6-21-5-8(11)12(18)19/h1-3,8,11H,5-6H2,(H,18,19)(H2,16,17,20). The summed E-state index contributed by atoms with van der Waals surface area (Å²) in [5.41, 5.74) is -0.272. The molecule has 0 saturated carbocycles. The number of nitrogens with one attached hydrogen (secondary N) is 2. The minimum absolute atomic E-state index is 0.0146. The Hall–Kier alpha value is -2.66. The van der Waals surface area contributed by atoms with Gasteiger partial charge in [-0.15, -0.1) is 0 Å². The molecule has 1 heterocycles. The number of hydrogen-bond donors (Lipinski definition) is 3. The molecule has 1 aliphatic rings. The number of nitriles is 1. The van der Waals surface area contributed by atoms with Crippen molar-refractivity contribution in [2.45, 2.75) is 6.04 Å². The second-order valence-electron chi connectivity index (χ2n) is 4.46. The number of hydrogen-bond acceptors (Lipinski definition) is 4. The number of benzene rings is 1. The number of carbonyl (C=O) groups is 2.